The second kappa shape index (κ2) is 7.48. The van der Waals surface area contributed by atoms with Crippen molar-refractivity contribution in [1.82, 2.24) is 0 Å². The van der Waals surface area contributed by atoms with Crippen LogP contribution in [0.5, 0.6) is 0 Å². The number of esters is 2. The van der Waals surface area contributed by atoms with E-state index in [1.165, 1.54) is 0 Å². The number of rotatable bonds is 6. The molecule has 0 spiro atoms. The molecule has 1 N–H and O–H groups in total. The van der Waals surface area contributed by atoms with E-state index in [9.17, 15) is 14.7 Å². The highest BCUT2D eigenvalue weighted by molar-refractivity contribution is 5.77. The van der Waals surface area contributed by atoms with Crippen LogP contribution in [-0.4, -0.2) is 36.4 Å². The van der Waals surface area contributed by atoms with Crippen LogP contribution in [0.1, 0.15) is 52.4 Å². The Labute approximate surface area is 114 Å². The fourth-order valence-electron chi connectivity index (χ4n) is 2.43. The smallest absolute Gasteiger partial charge is 0.306 e. The maximum Gasteiger partial charge on any atom is 0.306 e. The van der Waals surface area contributed by atoms with E-state index in [2.05, 4.69) is 0 Å². The molecular weight excluding hydrogens is 248 g/mol. The van der Waals surface area contributed by atoms with Crippen LogP contribution in [0.4, 0.5) is 0 Å². The summed E-state index contributed by atoms with van der Waals surface area (Å²) in [6.45, 7) is 4.38. The van der Waals surface area contributed by atoms with Gasteiger partial charge in [-0.2, -0.15) is 0 Å². The molecule has 2 unspecified atom stereocenters. The summed E-state index contributed by atoms with van der Waals surface area (Å²) in [5.74, 6) is -0.756. The zero-order chi connectivity index (χ0) is 14.3. The standard InChI is InChI=1S/C14H24O5/c1-3-18-12(16)6-7-13(17)19-10-14(2)8-4-5-11(15)9-14/h11,15H,3-10H2,1-2H3. The van der Waals surface area contributed by atoms with Gasteiger partial charge in [0, 0.05) is 5.41 Å². The average molecular weight is 272 g/mol. The van der Waals surface area contributed by atoms with Crippen molar-refractivity contribution in [1.29, 1.82) is 0 Å². The van der Waals surface area contributed by atoms with Crippen LogP contribution < -0.4 is 0 Å². The lowest BCUT2D eigenvalue weighted by Gasteiger charge is -2.35. The molecule has 0 aromatic rings. The molecule has 0 heterocycles. The summed E-state index contributed by atoms with van der Waals surface area (Å²) in [6.07, 6.45) is 3.22. The van der Waals surface area contributed by atoms with Gasteiger partial charge in [-0.3, -0.25) is 9.59 Å². The molecule has 0 bridgehead atoms. The monoisotopic (exact) mass is 272 g/mol. The largest absolute Gasteiger partial charge is 0.466 e. The maximum absolute atomic E-state index is 11.5. The number of aliphatic hydroxyl groups excluding tert-OH is 1. The molecule has 0 amide bonds. The minimum absolute atomic E-state index is 0.0530. The van der Waals surface area contributed by atoms with Gasteiger partial charge in [-0.1, -0.05) is 13.3 Å². The molecule has 1 saturated carbocycles. The van der Waals surface area contributed by atoms with Gasteiger partial charge in [-0.25, -0.2) is 0 Å². The van der Waals surface area contributed by atoms with Crippen molar-refractivity contribution in [2.24, 2.45) is 5.41 Å². The summed E-state index contributed by atoms with van der Waals surface area (Å²) >= 11 is 0. The number of ether oxygens (including phenoxy) is 2. The lowest BCUT2D eigenvalue weighted by atomic mass is 9.75. The lowest BCUT2D eigenvalue weighted by molar-refractivity contribution is -0.153. The van der Waals surface area contributed by atoms with Crippen LogP contribution in [-0.2, 0) is 19.1 Å². The second-order valence-corrected chi connectivity index (χ2v) is 5.53. The molecule has 1 aliphatic carbocycles. The molecule has 110 valence electrons. The first kappa shape index (κ1) is 16.0. The Hall–Kier alpha value is -1.10. The van der Waals surface area contributed by atoms with E-state index in [1.807, 2.05) is 6.92 Å². The average Bonchev–Trinajstić information content (AvgIpc) is 2.34. The Balaban J connectivity index is 2.24. The van der Waals surface area contributed by atoms with Crippen molar-refractivity contribution in [2.45, 2.75) is 58.5 Å². The molecule has 1 aliphatic rings. The molecular formula is C14H24O5. The van der Waals surface area contributed by atoms with E-state index < -0.39 is 0 Å². The van der Waals surface area contributed by atoms with E-state index in [0.717, 1.165) is 19.3 Å². The third-order valence-electron chi connectivity index (χ3n) is 3.47. The SMILES string of the molecule is CCOC(=O)CCC(=O)OCC1(C)CCCC(O)C1. The van der Waals surface area contributed by atoms with Crippen molar-refractivity contribution < 1.29 is 24.2 Å². The molecule has 0 aromatic carbocycles. The molecule has 2 atom stereocenters. The molecule has 0 radical (unpaired) electrons. The Morgan fingerprint density at radius 3 is 2.47 bits per heavy atom. The molecule has 1 rings (SSSR count). The number of hydrogen-bond donors (Lipinski definition) is 1. The molecule has 0 saturated heterocycles. The van der Waals surface area contributed by atoms with Gasteiger partial charge in [0.15, 0.2) is 0 Å². The Bertz CT molecular complexity index is 315. The summed E-state index contributed by atoms with van der Waals surface area (Å²) in [6, 6.07) is 0. The van der Waals surface area contributed by atoms with Gasteiger partial charge in [0.1, 0.15) is 0 Å². The van der Waals surface area contributed by atoms with Crippen molar-refractivity contribution in [3.8, 4) is 0 Å². The topological polar surface area (TPSA) is 72.8 Å². The van der Waals surface area contributed by atoms with Gasteiger partial charge in [-0.15, -0.1) is 0 Å². The van der Waals surface area contributed by atoms with Crippen LogP contribution >= 0.6 is 0 Å². The molecule has 0 aromatic heterocycles. The van der Waals surface area contributed by atoms with E-state index in [1.54, 1.807) is 6.92 Å². The quantitative estimate of drug-likeness (QED) is 0.747. The fourth-order valence-corrected chi connectivity index (χ4v) is 2.43. The van der Waals surface area contributed by atoms with E-state index >= 15 is 0 Å². The summed E-state index contributed by atoms with van der Waals surface area (Å²) in [7, 11) is 0. The van der Waals surface area contributed by atoms with E-state index in [0.29, 0.717) is 19.6 Å². The number of hydrogen-bond acceptors (Lipinski definition) is 5. The lowest BCUT2D eigenvalue weighted by Crippen LogP contribution is -2.33. The Morgan fingerprint density at radius 2 is 1.89 bits per heavy atom. The summed E-state index contributed by atoms with van der Waals surface area (Å²) in [5, 5.41) is 9.64. The van der Waals surface area contributed by atoms with Crippen LogP contribution in [0, 0.1) is 5.41 Å². The van der Waals surface area contributed by atoms with Crippen LogP contribution in [0.3, 0.4) is 0 Å². The highest BCUT2D eigenvalue weighted by atomic mass is 16.5. The van der Waals surface area contributed by atoms with Crippen molar-refractivity contribution in [3.63, 3.8) is 0 Å². The third-order valence-corrected chi connectivity index (χ3v) is 3.47. The fraction of sp³-hybridized carbons (Fsp3) is 0.857. The van der Waals surface area contributed by atoms with Crippen molar-refractivity contribution >= 4 is 11.9 Å². The van der Waals surface area contributed by atoms with Crippen LogP contribution in [0.25, 0.3) is 0 Å². The van der Waals surface area contributed by atoms with E-state index in [4.69, 9.17) is 9.47 Å². The summed E-state index contributed by atoms with van der Waals surface area (Å²) < 4.78 is 9.94. The summed E-state index contributed by atoms with van der Waals surface area (Å²) in [5.41, 5.74) is -0.142. The predicted molar refractivity (Wildman–Crippen MR) is 69.4 cm³/mol. The zero-order valence-electron chi connectivity index (χ0n) is 11.8. The van der Waals surface area contributed by atoms with Gasteiger partial charge in [-0.05, 0) is 26.2 Å². The number of carbonyl (C=O) groups is 2. The molecule has 1 fully saturated rings. The Kier molecular flexibility index (Phi) is 6.28. The minimum atomic E-state index is -0.380. The highest BCUT2D eigenvalue weighted by Crippen LogP contribution is 2.36. The molecule has 0 aliphatic heterocycles. The number of aliphatic hydroxyl groups is 1. The predicted octanol–water partition coefficient (Wildman–Crippen LogP) is 1.81. The van der Waals surface area contributed by atoms with Gasteiger partial charge in [0.05, 0.1) is 32.2 Å². The molecule has 19 heavy (non-hydrogen) atoms. The normalized spacial score (nSPS) is 26.8. The van der Waals surface area contributed by atoms with E-state index in [-0.39, 0.29) is 36.3 Å². The summed E-state index contributed by atoms with van der Waals surface area (Å²) in [4.78, 5) is 22.6. The third kappa shape index (κ3) is 6.05. The first-order valence-electron chi connectivity index (χ1n) is 6.94. The van der Waals surface area contributed by atoms with Crippen molar-refractivity contribution in [2.75, 3.05) is 13.2 Å². The van der Waals surface area contributed by atoms with Gasteiger partial charge in [0.25, 0.3) is 0 Å². The zero-order valence-corrected chi connectivity index (χ0v) is 11.8. The first-order chi connectivity index (χ1) is 8.95. The van der Waals surface area contributed by atoms with Gasteiger partial charge < -0.3 is 14.6 Å². The maximum atomic E-state index is 11.5. The van der Waals surface area contributed by atoms with Gasteiger partial charge in [0.2, 0.25) is 0 Å². The van der Waals surface area contributed by atoms with Crippen LogP contribution in [0.2, 0.25) is 0 Å². The van der Waals surface area contributed by atoms with Crippen LogP contribution in [0.15, 0.2) is 0 Å². The van der Waals surface area contributed by atoms with Gasteiger partial charge >= 0.3 is 11.9 Å². The molecule has 5 nitrogen and oxygen atoms in total. The van der Waals surface area contributed by atoms with Crippen molar-refractivity contribution in [3.05, 3.63) is 0 Å². The first-order valence-corrected chi connectivity index (χ1v) is 6.94. The molecule has 5 heteroatoms. The second-order valence-electron chi connectivity index (χ2n) is 5.53. The highest BCUT2D eigenvalue weighted by Gasteiger charge is 2.32. The Morgan fingerprint density at radius 1 is 1.26 bits per heavy atom. The minimum Gasteiger partial charge on any atom is -0.466 e. The number of carbonyl (C=O) groups excluding carboxylic acids is 2.